The number of amides is 2. The summed E-state index contributed by atoms with van der Waals surface area (Å²) in [5, 5.41) is 6.70. The number of benzene rings is 2. The van der Waals surface area contributed by atoms with Crippen LogP contribution in [0.2, 0.25) is 0 Å². The molecule has 194 valence electrons. The Morgan fingerprint density at radius 1 is 1.03 bits per heavy atom. The van der Waals surface area contributed by atoms with Crippen LogP contribution in [-0.2, 0) is 14.3 Å². The van der Waals surface area contributed by atoms with E-state index in [0.29, 0.717) is 29.3 Å². The molecule has 0 radical (unpaired) electrons. The molecule has 9 heteroatoms. The molecule has 0 bridgehead atoms. The van der Waals surface area contributed by atoms with Gasteiger partial charge in [-0.3, -0.25) is 9.59 Å². The molecule has 3 rings (SSSR count). The van der Waals surface area contributed by atoms with Crippen LogP contribution < -0.4 is 15.5 Å². The summed E-state index contributed by atoms with van der Waals surface area (Å²) in [5.41, 5.74) is 4.59. The highest BCUT2D eigenvalue weighted by molar-refractivity contribution is 5.90. The van der Waals surface area contributed by atoms with E-state index in [1.807, 2.05) is 39.0 Å². The van der Waals surface area contributed by atoms with E-state index in [1.54, 1.807) is 42.5 Å². The molecule has 0 saturated carbocycles. The average Bonchev–Trinajstić information content (AvgIpc) is 3.36. The first-order chi connectivity index (χ1) is 17.8. The number of ether oxygens (including phenoxy) is 2. The SMILES string of the molecule is COC(=O)c1ccc(-c2ccc(/C=N\NC(=O)[C@@H](CC(C)C)NC(=O)COc3ccccc3C)o2)cc1. The average molecular weight is 506 g/mol. The van der Waals surface area contributed by atoms with Gasteiger partial charge < -0.3 is 19.2 Å². The van der Waals surface area contributed by atoms with Crippen molar-refractivity contribution in [1.82, 2.24) is 10.7 Å². The molecule has 0 aliphatic carbocycles. The summed E-state index contributed by atoms with van der Waals surface area (Å²) < 4.78 is 16.0. The van der Waals surface area contributed by atoms with E-state index >= 15 is 0 Å². The molecule has 2 amide bonds. The van der Waals surface area contributed by atoms with Crippen molar-refractivity contribution in [3.63, 3.8) is 0 Å². The van der Waals surface area contributed by atoms with Gasteiger partial charge in [0.15, 0.2) is 6.61 Å². The van der Waals surface area contributed by atoms with Crippen molar-refractivity contribution in [3.05, 3.63) is 77.6 Å². The Hall–Kier alpha value is -4.40. The monoisotopic (exact) mass is 505 g/mol. The smallest absolute Gasteiger partial charge is 0.337 e. The maximum absolute atomic E-state index is 12.7. The van der Waals surface area contributed by atoms with Gasteiger partial charge in [-0.05, 0) is 55.2 Å². The lowest BCUT2D eigenvalue weighted by molar-refractivity contribution is -0.130. The minimum absolute atomic E-state index is 0.163. The summed E-state index contributed by atoms with van der Waals surface area (Å²) >= 11 is 0. The standard InChI is InChI=1S/C28H31N3O6/c1-18(2)15-23(30-26(32)17-36-24-8-6-5-7-19(24)3)27(33)31-29-16-22-13-14-25(37-22)20-9-11-21(12-10-20)28(34)35-4/h5-14,16,18,23H,15,17H2,1-4H3,(H,30,32)(H,31,33)/b29-16-/t23-/m1/s1. The Kier molecular flexibility index (Phi) is 9.60. The van der Waals surface area contributed by atoms with Crippen LogP contribution in [0.15, 0.2) is 70.2 Å². The third-order valence-electron chi connectivity index (χ3n) is 5.40. The molecule has 0 fully saturated rings. The summed E-state index contributed by atoms with van der Waals surface area (Å²) in [6.45, 7) is 5.61. The van der Waals surface area contributed by atoms with Crippen molar-refractivity contribution >= 4 is 24.0 Å². The van der Waals surface area contributed by atoms with Gasteiger partial charge in [-0.2, -0.15) is 5.10 Å². The maximum atomic E-state index is 12.7. The number of rotatable bonds is 11. The quantitative estimate of drug-likeness (QED) is 0.230. The largest absolute Gasteiger partial charge is 0.484 e. The zero-order valence-electron chi connectivity index (χ0n) is 21.3. The molecule has 37 heavy (non-hydrogen) atoms. The third kappa shape index (κ3) is 8.06. The van der Waals surface area contributed by atoms with Crippen molar-refractivity contribution in [2.75, 3.05) is 13.7 Å². The molecule has 2 aromatic carbocycles. The Morgan fingerprint density at radius 3 is 2.43 bits per heavy atom. The molecule has 0 unspecified atom stereocenters. The number of carbonyl (C=O) groups excluding carboxylic acids is 3. The van der Waals surface area contributed by atoms with Crippen molar-refractivity contribution in [3.8, 4) is 17.1 Å². The van der Waals surface area contributed by atoms with Gasteiger partial charge in [-0.15, -0.1) is 0 Å². The fourth-order valence-corrected chi connectivity index (χ4v) is 3.50. The van der Waals surface area contributed by atoms with E-state index in [4.69, 9.17) is 13.9 Å². The minimum atomic E-state index is -0.773. The second-order valence-corrected chi connectivity index (χ2v) is 8.81. The van der Waals surface area contributed by atoms with Gasteiger partial charge in [0, 0.05) is 5.56 Å². The number of aryl methyl sites for hydroxylation is 1. The van der Waals surface area contributed by atoms with Crippen LogP contribution >= 0.6 is 0 Å². The first kappa shape index (κ1) is 27.2. The fraction of sp³-hybridized carbons (Fsp3) is 0.286. The lowest BCUT2D eigenvalue weighted by atomic mass is 10.0. The molecule has 0 aliphatic heterocycles. The fourth-order valence-electron chi connectivity index (χ4n) is 3.50. The van der Waals surface area contributed by atoms with Crippen molar-refractivity contribution in [2.45, 2.75) is 33.2 Å². The Balaban J connectivity index is 1.56. The van der Waals surface area contributed by atoms with Gasteiger partial charge in [0.05, 0.1) is 18.9 Å². The van der Waals surface area contributed by atoms with Gasteiger partial charge in [0.25, 0.3) is 11.8 Å². The Labute approximate surface area is 215 Å². The highest BCUT2D eigenvalue weighted by atomic mass is 16.5. The van der Waals surface area contributed by atoms with Crippen LogP contribution in [0.5, 0.6) is 5.75 Å². The van der Waals surface area contributed by atoms with Gasteiger partial charge in [-0.1, -0.05) is 44.2 Å². The Bertz CT molecular complexity index is 1250. The summed E-state index contributed by atoms with van der Waals surface area (Å²) in [6.07, 6.45) is 1.81. The summed E-state index contributed by atoms with van der Waals surface area (Å²) in [4.78, 5) is 36.7. The number of carbonyl (C=O) groups is 3. The molecule has 1 aromatic heterocycles. The lowest BCUT2D eigenvalue weighted by Crippen LogP contribution is -2.47. The van der Waals surface area contributed by atoms with E-state index < -0.39 is 23.8 Å². The molecule has 0 saturated heterocycles. The summed E-state index contributed by atoms with van der Waals surface area (Å²) in [7, 11) is 1.33. The van der Waals surface area contributed by atoms with E-state index in [-0.39, 0.29) is 12.5 Å². The molecule has 9 nitrogen and oxygen atoms in total. The zero-order valence-corrected chi connectivity index (χ0v) is 21.3. The van der Waals surface area contributed by atoms with E-state index in [1.165, 1.54) is 13.3 Å². The second-order valence-electron chi connectivity index (χ2n) is 8.81. The van der Waals surface area contributed by atoms with Gasteiger partial charge >= 0.3 is 5.97 Å². The van der Waals surface area contributed by atoms with Crippen LogP contribution in [0.1, 0.15) is 41.9 Å². The number of esters is 1. The van der Waals surface area contributed by atoms with Crippen LogP contribution in [0, 0.1) is 12.8 Å². The normalized spacial score (nSPS) is 11.8. The number of para-hydroxylation sites is 1. The zero-order chi connectivity index (χ0) is 26.8. The first-order valence-electron chi connectivity index (χ1n) is 11.9. The van der Waals surface area contributed by atoms with E-state index in [2.05, 4.69) is 15.8 Å². The second kappa shape index (κ2) is 13.1. The summed E-state index contributed by atoms with van der Waals surface area (Å²) in [5.74, 6) is 0.507. The highest BCUT2D eigenvalue weighted by Crippen LogP contribution is 2.22. The molecule has 2 N–H and O–H groups in total. The van der Waals surface area contributed by atoms with Crippen LogP contribution in [-0.4, -0.2) is 43.8 Å². The number of nitrogens with zero attached hydrogens (tertiary/aromatic N) is 1. The molecule has 0 spiro atoms. The summed E-state index contributed by atoms with van der Waals surface area (Å²) in [6, 6.07) is 16.9. The minimum Gasteiger partial charge on any atom is -0.484 e. The highest BCUT2D eigenvalue weighted by Gasteiger charge is 2.22. The van der Waals surface area contributed by atoms with Crippen molar-refractivity contribution in [1.29, 1.82) is 0 Å². The van der Waals surface area contributed by atoms with Crippen LogP contribution in [0.4, 0.5) is 0 Å². The number of furan rings is 1. The van der Waals surface area contributed by atoms with Crippen molar-refractivity contribution in [2.24, 2.45) is 11.0 Å². The number of nitrogens with one attached hydrogen (secondary N) is 2. The van der Waals surface area contributed by atoms with Crippen LogP contribution in [0.25, 0.3) is 11.3 Å². The predicted molar refractivity (Wildman–Crippen MR) is 139 cm³/mol. The topological polar surface area (TPSA) is 119 Å². The molecular weight excluding hydrogens is 474 g/mol. The number of hydrazone groups is 1. The third-order valence-corrected chi connectivity index (χ3v) is 5.40. The molecule has 0 aliphatic rings. The molecule has 3 aromatic rings. The molecular formula is C28H31N3O6. The molecule has 1 atom stereocenters. The number of hydrogen-bond donors (Lipinski definition) is 2. The molecule has 1 heterocycles. The Morgan fingerprint density at radius 2 is 1.76 bits per heavy atom. The van der Waals surface area contributed by atoms with Gasteiger partial charge in [0.1, 0.15) is 23.3 Å². The van der Waals surface area contributed by atoms with Gasteiger partial charge in [-0.25, -0.2) is 10.2 Å². The number of methoxy groups -OCH3 is 1. The van der Waals surface area contributed by atoms with Crippen molar-refractivity contribution < 1.29 is 28.3 Å². The van der Waals surface area contributed by atoms with E-state index in [9.17, 15) is 14.4 Å². The van der Waals surface area contributed by atoms with E-state index in [0.717, 1.165) is 11.1 Å². The maximum Gasteiger partial charge on any atom is 0.337 e. The number of hydrogen-bond acceptors (Lipinski definition) is 7. The first-order valence-corrected chi connectivity index (χ1v) is 11.9. The van der Waals surface area contributed by atoms with Gasteiger partial charge in [0.2, 0.25) is 0 Å². The lowest BCUT2D eigenvalue weighted by Gasteiger charge is -2.19. The van der Waals surface area contributed by atoms with Crippen LogP contribution in [0.3, 0.4) is 0 Å². The predicted octanol–water partition coefficient (Wildman–Crippen LogP) is 4.10.